The van der Waals surface area contributed by atoms with E-state index in [2.05, 4.69) is 48.7 Å². The molecule has 0 fully saturated rings. The van der Waals surface area contributed by atoms with Crippen LogP contribution in [0, 0.1) is 12.7 Å². The molecule has 3 heteroatoms. The van der Waals surface area contributed by atoms with E-state index in [9.17, 15) is 4.39 Å². The molecule has 1 heterocycles. The van der Waals surface area contributed by atoms with E-state index in [0.717, 1.165) is 23.4 Å². The van der Waals surface area contributed by atoms with Gasteiger partial charge in [0, 0.05) is 23.0 Å². The lowest BCUT2D eigenvalue weighted by Crippen LogP contribution is -2.29. The van der Waals surface area contributed by atoms with Gasteiger partial charge in [0.05, 0.1) is 6.04 Å². The van der Waals surface area contributed by atoms with Gasteiger partial charge in [-0.25, -0.2) is 4.39 Å². The second-order valence-electron chi connectivity index (χ2n) is 5.58. The van der Waals surface area contributed by atoms with Crippen LogP contribution < -0.4 is 10.6 Å². The summed E-state index contributed by atoms with van der Waals surface area (Å²) in [5.74, 6) is -0.184. The van der Waals surface area contributed by atoms with Crippen LogP contribution >= 0.6 is 0 Å². The van der Waals surface area contributed by atoms with E-state index in [0.29, 0.717) is 6.04 Å². The van der Waals surface area contributed by atoms with E-state index >= 15 is 0 Å². The lowest BCUT2D eigenvalue weighted by atomic mass is 9.93. The van der Waals surface area contributed by atoms with Gasteiger partial charge in [-0.2, -0.15) is 0 Å². The summed E-state index contributed by atoms with van der Waals surface area (Å²) in [5.41, 5.74) is 4.34. The molecular weight excluding hydrogens is 251 g/mol. The first-order chi connectivity index (χ1) is 9.61. The fourth-order valence-electron chi connectivity index (χ4n) is 2.75. The Bertz CT molecular complexity index is 607. The summed E-state index contributed by atoms with van der Waals surface area (Å²) in [6.45, 7) is 4.22. The summed E-state index contributed by atoms with van der Waals surface area (Å²) in [6.07, 6.45) is 0.935. The van der Waals surface area contributed by atoms with Crippen LogP contribution in [0.1, 0.15) is 30.5 Å². The first kappa shape index (κ1) is 13.0. The Morgan fingerprint density at radius 2 is 1.90 bits per heavy atom. The number of halogens is 1. The van der Waals surface area contributed by atoms with Gasteiger partial charge in [0.15, 0.2) is 0 Å². The zero-order valence-corrected chi connectivity index (χ0v) is 11.8. The van der Waals surface area contributed by atoms with E-state index in [4.69, 9.17) is 0 Å². The predicted molar refractivity (Wildman–Crippen MR) is 81.6 cm³/mol. The van der Waals surface area contributed by atoms with Gasteiger partial charge in [-0.3, -0.25) is 0 Å². The zero-order valence-electron chi connectivity index (χ0n) is 11.8. The minimum Gasteiger partial charge on any atom is -0.382 e. The molecule has 2 nitrogen and oxygen atoms in total. The quantitative estimate of drug-likeness (QED) is 0.840. The molecule has 2 aromatic rings. The molecule has 0 saturated heterocycles. The Morgan fingerprint density at radius 1 is 1.15 bits per heavy atom. The Morgan fingerprint density at radius 3 is 2.65 bits per heavy atom. The standard InChI is InChI=1S/C17H19FN2/c1-11-3-6-14(7-4-11)20-17-9-12(2)19-16-8-5-13(18)10-15(16)17/h3-8,10,12,17,19-20H,9H2,1-2H3/t12-,17+/m0/s1. The predicted octanol–water partition coefficient (Wildman–Crippen LogP) is 4.49. The van der Waals surface area contributed by atoms with Crippen molar-refractivity contribution in [3.63, 3.8) is 0 Å². The minimum absolute atomic E-state index is 0.139. The second kappa shape index (κ2) is 5.16. The van der Waals surface area contributed by atoms with E-state index < -0.39 is 0 Å². The molecule has 0 unspecified atom stereocenters. The molecule has 2 N–H and O–H groups in total. The van der Waals surface area contributed by atoms with Gasteiger partial charge in [0.1, 0.15) is 5.82 Å². The summed E-state index contributed by atoms with van der Waals surface area (Å²) >= 11 is 0. The van der Waals surface area contributed by atoms with Crippen LogP contribution in [0.2, 0.25) is 0 Å². The van der Waals surface area contributed by atoms with Crippen molar-refractivity contribution < 1.29 is 4.39 Å². The van der Waals surface area contributed by atoms with Crippen LogP contribution in [-0.2, 0) is 0 Å². The Kier molecular flexibility index (Phi) is 3.35. The monoisotopic (exact) mass is 270 g/mol. The Labute approximate surface area is 119 Å². The zero-order chi connectivity index (χ0) is 14.1. The largest absolute Gasteiger partial charge is 0.382 e. The molecule has 0 bridgehead atoms. The summed E-state index contributed by atoms with van der Waals surface area (Å²) < 4.78 is 13.5. The Hall–Kier alpha value is -2.03. The first-order valence-corrected chi connectivity index (χ1v) is 7.01. The average molecular weight is 270 g/mol. The molecule has 20 heavy (non-hydrogen) atoms. The summed E-state index contributed by atoms with van der Waals surface area (Å²) in [4.78, 5) is 0. The van der Waals surface area contributed by atoms with E-state index in [1.54, 1.807) is 6.07 Å². The number of anilines is 2. The fourth-order valence-corrected chi connectivity index (χ4v) is 2.75. The van der Waals surface area contributed by atoms with Crippen LogP contribution in [0.4, 0.5) is 15.8 Å². The topological polar surface area (TPSA) is 24.1 Å². The van der Waals surface area contributed by atoms with Crippen molar-refractivity contribution in [2.45, 2.75) is 32.4 Å². The molecule has 1 aliphatic rings. The number of benzene rings is 2. The highest BCUT2D eigenvalue weighted by molar-refractivity contribution is 5.58. The van der Waals surface area contributed by atoms with Crippen LogP contribution in [0.25, 0.3) is 0 Å². The maximum atomic E-state index is 13.5. The van der Waals surface area contributed by atoms with Gasteiger partial charge < -0.3 is 10.6 Å². The lowest BCUT2D eigenvalue weighted by molar-refractivity contribution is 0.583. The van der Waals surface area contributed by atoms with Crippen molar-refractivity contribution >= 4 is 11.4 Å². The molecule has 2 aromatic carbocycles. The maximum Gasteiger partial charge on any atom is 0.123 e. The van der Waals surface area contributed by atoms with Gasteiger partial charge in [0.2, 0.25) is 0 Å². The van der Waals surface area contributed by atoms with Crippen molar-refractivity contribution in [2.24, 2.45) is 0 Å². The fraction of sp³-hybridized carbons (Fsp3) is 0.294. The molecule has 2 atom stereocenters. The van der Waals surface area contributed by atoms with E-state index in [1.807, 2.05) is 6.07 Å². The van der Waals surface area contributed by atoms with E-state index in [-0.39, 0.29) is 11.9 Å². The smallest absolute Gasteiger partial charge is 0.123 e. The molecule has 0 aliphatic carbocycles. The summed E-state index contributed by atoms with van der Waals surface area (Å²) in [7, 11) is 0. The SMILES string of the molecule is Cc1ccc(N[C@@H]2C[C@H](C)Nc3ccc(F)cc32)cc1. The van der Waals surface area contributed by atoms with Crippen molar-refractivity contribution in [3.05, 3.63) is 59.4 Å². The van der Waals surface area contributed by atoms with Gasteiger partial charge in [-0.15, -0.1) is 0 Å². The molecule has 0 aromatic heterocycles. The van der Waals surface area contributed by atoms with Crippen LogP contribution in [0.3, 0.4) is 0 Å². The maximum absolute atomic E-state index is 13.5. The van der Waals surface area contributed by atoms with Gasteiger partial charge in [-0.1, -0.05) is 17.7 Å². The summed E-state index contributed by atoms with van der Waals surface area (Å²) in [5, 5.41) is 6.92. The van der Waals surface area contributed by atoms with Crippen LogP contribution in [0.15, 0.2) is 42.5 Å². The number of fused-ring (bicyclic) bond motifs is 1. The third kappa shape index (κ3) is 2.62. The molecule has 3 rings (SSSR count). The highest BCUT2D eigenvalue weighted by Crippen LogP contribution is 2.35. The number of hydrogen-bond donors (Lipinski definition) is 2. The molecule has 0 saturated carbocycles. The van der Waals surface area contributed by atoms with Crippen LogP contribution in [-0.4, -0.2) is 6.04 Å². The number of nitrogens with one attached hydrogen (secondary N) is 2. The molecular formula is C17H19FN2. The minimum atomic E-state index is -0.184. The molecule has 104 valence electrons. The van der Waals surface area contributed by atoms with Crippen molar-refractivity contribution in [1.82, 2.24) is 0 Å². The van der Waals surface area contributed by atoms with Crippen molar-refractivity contribution in [3.8, 4) is 0 Å². The van der Waals surface area contributed by atoms with Crippen molar-refractivity contribution in [2.75, 3.05) is 10.6 Å². The van der Waals surface area contributed by atoms with E-state index in [1.165, 1.54) is 11.6 Å². The number of hydrogen-bond acceptors (Lipinski definition) is 2. The van der Waals surface area contributed by atoms with Gasteiger partial charge in [-0.05, 0) is 50.6 Å². The van der Waals surface area contributed by atoms with Crippen molar-refractivity contribution in [1.29, 1.82) is 0 Å². The number of rotatable bonds is 2. The van der Waals surface area contributed by atoms with Gasteiger partial charge in [0.25, 0.3) is 0 Å². The van der Waals surface area contributed by atoms with Crippen LogP contribution in [0.5, 0.6) is 0 Å². The average Bonchev–Trinajstić information content (AvgIpc) is 2.42. The molecule has 0 amide bonds. The number of aryl methyl sites for hydroxylation is 1. The molecule has 1 aliphatic heterocycles. The Balaban J connectivity index is 1.90. The molecule has 0 spiro atoms. The lowest BCUT2D eigenvalue weighted by Gasteiger charge is -2.32. The third-order valence-electron chi connectivity index (χ3n) is 3.77. The first-order valence-electron chi connectivity index (χ1n) is 7.01. The highest BCUT2D eigenvalue weighted by Gasteiger charge is 2.24. The second-order valence-corrected chi connectivity index (χ2v) is 5.58. The molecule has 0 radical (unpaired) electrons. The normalized spacial score (nSPS) is 20.9. The highest BCUT2D eigenvalue weighted by atomic mass is 19.1. The summed E-state index contributed by atoms with van der Waals surface area (Å²) in [6, 6.07) is 13.8. The third-order valence-corrected chi connectivity index (χ3v) is 3.77. The van der Waals surface area contributed by atoms with Gasteiger partial charge >= 0.3 is 0 Å².